The van der Waals surface area contributed by atoms with E-state index in [2.05, 4.69) is 10.3 Å². The van der Waals surface area contributed by atoms with Crippen LogP contribution >= 0.6 is 11.6 Å². The Bertz CT molecular complexity index is 898. The minimum absolute atomic E-state index is 0.0720. The van der Waals surface area contributed by atoms with Crippen molar-refractivity contribution >= 4 is 34.3 Å². The van der Waals surface area contributed by atoms with Crippen LogP contribution in [0.2, 0.25) is 5.02 Å². The second-order valence-electron chi connectivity index (χ2n) is 5.26. The van der Waals surface area contributed by atoms with Gasteiger partial charge in [-0.1, -0.05) is 23.7 Å². The van der Waals surface area contributed by atoms with Gasteiger partial charge in [-0.3, -0.25) is 9.78 Å². The maximum Gasteiger partial charge on any atom is 0.417 e. The quantitative estimate of drug-likeness (QED) is 0.748. The normalized spacial score (nSPS) is 10.8. The highest BCUT2D eigenvalue weighted by atomic mass is 35.5. The average Bonchev–Trinajstić information content (AvgIpc) is 2.86. The van der Waals surface area contributed by atoms with Crippen molar-refractivity contribution < 1.29 is 9.21 Å². The molecule has 2 N–H and O–H groups in total. The number of hydrogen-bond donors (Lipinski definition) is 2. The maximum atomic E-state index is 12.0. The van der Waals surface area contributed by atoms with Gasteiger partial charge >= 0.3 is 5.76 Å². The summed E-state index contributed by atoms with van der Waals surface area (Å²) in [6.07, 6.45) is 1.94. The summed E-state index contributed by atoms with van der Waals surface area (Å²) in [7, 11) is 0. The molecule has 0 aliphatic rings. The largest absolute Gasteiger partial charge is 0.417 e. The van der Waals surface area contributed by atoms with Crippen molar-refractivity contribution in [1.82, 2.24) is 4.98 Å². The Morgan fingerprint density at radius 3 is 2.91 bits per heavy atom. The molecule has 23 heavy (non-hydrogen) atoms. The SMILES string of the molecule is O=C(CCCc1cccc(Cl)c1)Nc1ccc2oc(=O)[nH]c2c1. The smallest absolute Gasteiger partial charge is 0.408 e. The monoisotopic (exact) mass is 330 g/mol. The van der Waals surface area contributed by atoms with Gasteiger partial charge in [0.25, 0.3) is 0 Å². The van der Waals surface area contributed by atoms with Crippen LogP contribution in [0.15, 0.2) is 51.7 Å². The summed E-state index contributed by atoms with van der Waals surface area (Å²) in [5.41, 5.74) is 2.77. The van der Waals surface area contributed by atoms with E-state index in [4.69, 9.17) is 16.0 Å². The van der Waals surface area contributed by atoms with Crippen molar-refractivity contribution in [2.75, 3.05) is 5.32 Å². The Labute approximate surface area is 137 Å². The number of anilines is 1. The fourth-order valence-electron chi connectivity index (χ4n) is 2.40. The van der Waals surface area contributed by atoms with Crippen LogP contribution in [-0.4, -0.2) is 10.9 Å². The number of halogens is 1. The molecule has 2 aromatic carbocycles. The lowest BCUT2D eigenvalue weighted by Crippen LogP contribution is -2.11. The topological polar surface area (TPSA) is 75.1 Å². The molecule has 0 fully saturated rings. The summed E-state index contributed by atoms with van der Waals surface area (Å²) in [6, 6.07) is 12.7. The van der Waals surface area contributed by atoms with Crippen LogP contribution in [0.5, 0.6) is 0 Å². The van der Waals surface area contributed by atoms with E-state index in [0.717, 1.165) is 18.4 Å². The van der Waals surface area contributed by atoms with Gasteiger partial charge in [-0.05, 0) is 48.7 Å². The number of aromatic nitrogens is 1. The number of aryl methyl sites for hydroxylation is 1. The highest BCUT2D eigenvalue weighted by Crippen LogP contribution is 2.17. The fraction of sp³-hybridized carbons (Fsp3) is 0.176. The summed E-state index contributed by atoms with van der Waals surface area (Å²) in [5.74, 6) is -0.581. The van der Waals surface area contributed by atoms with Gasteiger partial charge < -0.3 is 9.73 Å². The van der Waals surface area contributed by atoms with E-state index in [1.165, 1.54) is 0 Å². The van der Waals surface area contributed by atoms with Crippen molar-refractivity contribution in [1.29, 1.82) is 0 Å². The molecule has 3 rings (SSSR count). The van der Waals surface area contributed by atoms with Gasteiger partial charge in [0.15, 0.2) is 5.58 Å². The molecule has 1 heterocycles. The molecule has 1 amide bonds. The van der Waals surface area contributed by atoms with Gasteiger partial charge in [0.2, 0.25) is 5.91 Å². The Kier molecular flexibility index (Phi) is 4.48. The van der Waals surface area contributed by atoms with E-state index >= 15 is 0 Å². The van der Waals surface area contributed by atoms with Crippen LogP contribution in [0.3, 0.4) is 0 Å². The van der Waals surface area contributed by atoms with Crippen molar-refractivity contribution in [3.63, 3.8) is 0 Å². The van der Waals surface area contributed by atoms with E-state index in [1.54, 1.807) is 18.2 Å². The number of benzene rings is 2. The van der Waals surface area contributed by atoms with Crippen LogP contribution in [0.25, 0.3) is 11.1 Å². The average molecular weight is 331 g/mol. The summed E-state index contributed by atoms with van der Waals surface area (Å²) in [6.45, 7) is 0. The second-order valence-corrected chi connectivity index (χ2v) is 5.69. The third-order valence-corrected chi connectivity index (χ3v) is 3.70. The number of fused-ring (bicyclic) bond motifs is 1. The Balaban J connectivity index is 1.54. The first-order valence-corrected chi connectivity index (χ1v) is 7.65. The summed E-state index contributed by atoms with van der Waals surface area (Å²) in [5, 5.41) is 3.52. The molecule has 0 spiro atoms. The van der Waals surface area contributed by atoms with Gasteiger partial charge in [0.1, 0.15) is 0 Å². The molecular weight excluding hydrogens is 316 g/mol. The number of carbonyl (C=O) groups excluding carboxylic acids is 1. The van der Waals surface area contributed by atoms with Gasteiger partial charge in [-0.15, -0.1) is 0 Å². The molecule has 0 saturated heterocycles. The molecule has 5 nitrogen and oxygen atoms in total. The van der Waals surface area contributed by atoms with Gasteiger partial charge in [0, 0.05) is 17.1 Å². The van der Waals surface area contributed by atoms with E-state index in [1.807, 2.05) is 24.3 Å². The summed E-state index contributed by atoms with van der Waals surface area (Å²) >= 11 is 5.93. The molecule has 0 aliphatic heterocycles. The molecule has 0 saturated carbocycles. The van der Waals surface area contributed by atoms with Gasteiger partial charge in [-0.25, -0.2) is 4.79 Å². The first kappa shape index (κ1) is 15.4. The number of carbonyl (C=O) groups is 1. The van der Waals surface area contributed by atoms with Crippen LogP contribution in [-0.2, 0) is 11.2 Å². The van der Waals surface area contributed by atoms with Gasteiger partial charge in [-0.2, -0.15) is 0 Å². The zero-order valence-corrected chi connectivity index (χ0v) is 13.0. The standard InChI is InChI=1S/C17H15ClN2O3/c18-12-5-1-3-11(9-12)4-2-6-16(21)19-13-7-8-15-14(10-13)20-17(22)23-15/h1,3,5,7-10H,2,4,6H2,(H,19,21)(H,20,22). The highest BCUT2D eigenvalue weighted by Gasteiger charge is 2.06. The van der Waals surface area contributed by atoms with Gasteiger partial charge in [0.05, 0.1) is 5.52 Å². The predicted octanol–water partition coefficient (Wildman–Crippen LogP) is 3.74. The van der Waals surface area contributed by atoms with E-state index in [9.17, 15) is 9.59 Å². The van der Waals surface area contributed by atoms with Crippen LogP contribution < -0.4 is 11.1 Å². The Morgan fingerprint density at radius 1 is 1.22 bits per heavy atom. The minimum atomic E-state index is -0.509. The number of amides is 1. The second kappa shape index (κ2) is 6.71. The first-order valence-electron chi connectivity index (χ1n) is 7.27. The molecule has 118 valence electrons. The molecule has 0 radical (unpaired) electrons. The summed E-state index contributed by atoms with van der Waals surface area (Å²) < 4.78 is 4.92. The zero-order chi connectivity index (χ0) is 16.2. The van der Waals surface area contributed by atoms with E-state index in [0.29, 0.717) is 28.2 Å². The first-order chi connectivity index (χ1) is 11.1. The molecule has 0 unspecified atom stereocenters. The number of oxazole rings is 1. The number of rotatable bonds is 5. The maximum absolute atomic E-state index is 12.0. The Morgan fingerprint density at radius 2 is 2.09 bits per heavy atom. The van der Waals surface area contributed by atoms with Crippen molar-refractivity contribution in [2.24, 2.45) is 0 Å². The predicted molar refractivity (Wildman–Crippen MR) is 89.9 cm³/mol. The third kappa shape index (κ3) is 4.02. The molecule has 3 aromatic rings. The van der Waals surface area contributed by atoms with E-state index in [-0.39, 0.29) is 5.91 Å². The molecule has 0 bridgehead atoms. The number of H-pyrrole nitrogens is 1. The summed E-state index contributed by atoms with van der Waals surface area (Å²) in [4.78, 5) is 25.6. The molecule has 1 aromatic heterocycles. The lowest BCUT2D eigenvalue weighted by Gasteiger charge is -2.05. The highest BCUT2D eigenvalue weighted by molar-refractivity contribution is 6.30. The molecule has 0 aliphatic carbocycles. The lowest BCUT2D eigenvalue weighted by atomic mass is 10.1. The van der Waals surface area contributed by atoms with Crippen molar-refractivity contribution in [2.45, 2.75) is 19.3 Å². The van der Waals surface area contributed by atoms with Crippen molar-refractivity contribution in [3.05, 3.63) is 63.6 Å². The molecular formula is C17H15ClN2O3. The number of hydrogen-bond acceptors (Lipinski definition) is 3. The number of nitrogens with one attached hydrogen (secondary N) is 2. The molecule has 6 heteroatoms. The lowest BCUT2D eigenvalue weighted by molar-refractivity contribution is -0.116. The van der Waals surface area contributed by atoms with Crippen molar-refractivity contribution in [3.8, 4) is 0 Å². The van der Waals surface area contributed by atoms with E-state index < -0.39 is 5.76 Å². The van der Waals surface area contributed by atoms with Crippen LogP contribution in [0.4, 0.5) is 5.69 Å². The molecule has 0 atom stereocenters. The number of aromatic amines is 1. The van der Waals surface area contributed by atoms with Crippen LogP contribution in [0.1, 0.15) is 18.4 Å². The zero-order valence-electron chi connectivity index (χ0n) is 12.3. The minimum Gasteiger partial charge on any atom is -0.408 e. The van der Waals surface area contributed by atoms with Crippen LogP contribution in [0, 0.1) is 0 Å². The Hall–Kier alpha value is -2.53. The third-order valence-electron chi connectivity index (χ3n) is 3.46. The fourth-order valence-corrected chi connectivity index (χ4v) is 2.61.